The van der Waals surface area contributed by atoms with Gasteiger partial charge in [-0.15, -0.1) is 0 Å². The Labute approximate surface area is 67.1 Å². The lowest BCUT2D eigenvalue weighted by atomic mass is 10.6. The van der Waals surface area contributed by atoms with Gasteiger partial charge in [0.15, 0.2) is 4.96 Å². The van der Waals surface area contributed by atoms with Crippen molar-refractivity contribution in [3.8, 4) is 0 Å². The molecule has 4 nitrogen and oxygen atoms in total. The van der Waals surface area contributed by atoms with E-state index in [-0.39, 0.29) is 12.5 Å². The normalized spacial score (nSPS) is 18.5. The second-order valence-corrected chi connectivity index (χ2v) is 2.81. The van der Waals surface area contributed by atoms with Crippen molar-refractivity contribution in [3.05, 3.63) is 0 Å². The molecule has 0 radical (unpaired) electrons. The zero-order valence-electron chi connectivity index (χ0n) is 4.80. The van der Waals surface area contributed by atoms with Crippen molar-refractivity contribution in [2.75, 3.05) is 6.54 Å². The van der Waals surface area contributed by atoms with Gasteiger partial charge in [-0.05, 0) is 0 Å². The van der Waals surface area contributed by atoms with Crippen LogP contribution in [-0.4, -0.2) is 28.3 Å². The quantitative estimate of drug-likeness (QED) is 0.361. The Hall–Kier alpha value is -0.480. The topological polar surface area (TPSA) is 49.4 Å². The number of nitrogens with zero attached hydrogens (tertiary/aromatic N) is 1. The molecule has 0 aliphatic carbocycles. The first-order valence-corrected chi connectivity index (χ1v) is 3.37. The lowest BCUT2D eigenvalue weighted by Gasteiger charge is -2.12. The number of carbonyl (C=O) groups excluding carboxylic acids is 2. The average Bonchev–Trinajstić information content (AvgIpc) is 2.10. The molecule has 0 unspecified atom stereocenters. The number of hydrogen-bond acceptors (Lipinski definition) is 2. The highest BCUT2D eigenvalue weighted by Crippen LogP contribution is 2.11. The summed E-state index contributed by atoms with van der Waals surface area (Å²) in [5.74, 6) is -0.378. The van der Waals surface area contributed by atoms with Crippen LogP contribution in [0.15, 0.2) is 0 Å². The maximum atomic E-state index is 10.7. The molecule has 0 bridgehead atoms. The van der Waals surface area contributed by atoms with Gasteiger partial charge < -0.3 is 0 Å². The standard InChI is InChI=1S/C4H4Cl2N2O2/c5-3(6)8-1-2(9)7-4(8)10/h3H,1H2,(H,7,9,10). The van der Waals surface area contributed by atoms with Crippen LogP contribution in [0.5, 0.6) is 0 Å². The molecule has 0 aromatic rings. The molecule has 0 atom stereocenters. The smallest absolute Gasteiger partial charge is 0.285 e. The van der Waals surface area contributed by atoms with E-state index in [4.69, 9.17) is 23.2 Å². The number of nitrogens with one attached hydrogen (secondary N) is 1. The van der Waals surface area contributed by atoms with Gasteiger partial charge in [-0.2, -0.15) is 0 Å². The molecule has 3 amide bonds. The first-order chi connectivity index (χ1) is 4.61. The third-order valence-corrected chi connectivity index (χ3v) is 1.53. The van der Waals surface area contributed by atoms with Crippen LogP contribution < -0.4 is 5.32 Å². The molecular formula is C4H4Cl2N2O2. The number of imide groups is 1. The van der Waals surface area contributed by atoms with Gasteiger partial charge >= 0.3 is 6.03 Å². The van der Waals surface area contributed by atoms with Crippen LogP contribution in [0.1, 0.15) is 0 Å². The summed E-state index contributed by atoms with van der Waals surface area (Å²) in [5, 5.41) is 2.03. The maximum Gasteiger partial charge on any atom is 0.326 e. The Morgan fingerprint density at radius 2 is 2.10 bits per heavy atom. The molecule has 0 spiro atoms. The molecule has 1 aliphatic heterocycles. The molecule has 1 N–H and O–H groups in total. The number of rotatable bonds is 1. The predicted octanol–water partition coefficient (Wildman–Crippen LogP) is 0.299. The van der Waals surface area contributed by atoms with Crippen LogP contribution in [0, 0.1) is 0 Å². The SMILES string of the molecule is O=C1CN(C(Cl)Cl)C(=O)N1. The summed E-state index contributed by atoms with van der Waals surface area (Å²) in [6.07, 6.45) is 0. The number of amides is 3. The second kappa shape index (κ2) is 2.64. The Morgan fingerprint density at radius 3 is 2.30 bits per heavy atom. The van der Waals surface area contributed by atoms with Crippen molar-refractivity contribution in [3.63, 3.8) is 0 Å². The molecule has 1 saturated heterocycles. The number of carbonyl (C=O) groups is 2. The van der Waals surface area contributed by atoms with E-state index in [1.807, 2.05) is 5.32 Å². The van der Waals surface area contributed by atoms with E-state index in [1.54, 1.807) is 0 Å². The largest absolute Gasteiger partial charge is 0.326 e. The summed E-state index contributed by atoms with van der Waals surface area (Å²) in [6, 6.07) is -0.542. The predicted molar refractivity (Wildman–Crippen MR) is 35.7 cm³/mol. The molecule has 0 aromatic heterocycles. The van der Waals surface area contributed by atoms with Gasteiger partial charge in [0.1, 0.15) is 6.54 Å². The monoisotopic (exact) mass is 182 g/mol. The Bertz CT molecular complexity index is 182. The van der Waals surface area contributed by atoms with Crippen LogP contribution in [0.3, 0.4) is 0 Å². The van der Waals surface area contributed by atoms with Crippen LogP contribution >= 0.6 is 23.2 Å². The summed E-state index contributed by atoms with van der Waals surface area (Å²) in [5.41, 5.74) is 0. The summed E-state index contributed by atoms with van der Waals surface area (Å²) < 4.78 is 0. The highest BCUT2D eigenvalue weighted by atomic mass is 35.5. The highest BCUT2D eigenvalue weighted by molar-refractivity contribution is 6.44. The van der Waals surface area contributed by atoms with Crippen molar-refractivity contribution in [1.82, 2.24) is 10.2 Å². The van der Waals surface area contributed by atoms with Crippen molar-refractivity contribution in [2.24, 2.45) is 0 Å². The lowest BCUT2D eigenvalue weighted by Crippen LogP contribution is -2.31. The Kier molecular flexibility index (Phi) is 2.01. The van der Waals surface area contributed by atoms with Crippen molar-refractivity contribution in [2.45, 2.75) is 4.96 Å². The van der Waals surface area contributed by atoms with E-state index >= 15 is 0 Å². The number of halogens is 2. The molecule has 0 aromatic carbocycles. The first kappa shape index (κ1) is 7.63. The van der Waals surface area contributed by atoms with Gasteiger partial charge in [-0.25, -0.2) is 4.79 Å². The molecule has 10 heavy (non-hydrogen) atoms. The Morgan fingerprint density at radius 1 is 1.50 bits per heavy atom. The zero-order chi connectivity index (χ0) is 7.72. The number of urea groups is 1. The third kappa shape index (κ3) is 1.33. The van der Waals surface area contributed by atoms with E-state index in [9.17, 15) is 9.59 Å². The summed E-state index contributed by atoms with van der Waals surface area (Å²) in [4.78, 5) is 21.2. The van der Waals surface area contributed by atoms with Crippen molar-refractivity contribution >= 4 is 35.1 Å². The van der Waals surface area contributed by atoms with Crippen LogP contribution in [0.2, 0.25) is 0 Å². The average molecular weight is 183 g/mol. The van der Waals surface area contributed by atoms with Gasteiger partial charge in [0.05, 0.1) is 0 Å². The fourth-order valence-electron chi connectivity index (χ4n) is 0.615. The zero-order valence-corrected chi connectivity index (χ0v) is 6.32. The van der Waals surface area contributed by atoms with Gasteiger partial charge in [0, 0.05) is 0 Å². The summed E-state index contributed by atoms with van der Waals surface area (Å²) >= 11 is 10.6. The highest BCUT2D eigenvalue weighted by Gasteiger charge is 2.30. The maximum absolute atomic E-state index is 10.7. The summed E-state index contributed by atoms with van der Waals surface area (Å²) in [6.45, 7) is -0.0590. The van der Waals surface area contributed by atoms with Gasteiger partial charge in [-0.1, -0.05) is 23.2 Å². The molecule has 1 aliphatic rings. The molecule has 1 fully saturated rings. The first-order valence-electron chi connectivity index (χ1n) is 2.50. The van der Waals surface area contributed by atoms with E-state index < -0.39 is 11.0 Å². The molecule has 1 rings (SSSR count). The summed E-state index contributed by atoms with van der Waals surface area (Å²) in [7, 11) is 0. The van der Waals surface area contributed by atoms with E-state index in [0.29, 0.717) is 0 Å². The van der Waals surface area contributed by atoms with Crippen molar-refractivity contribution < 1.29 is 9.59 Å². The number of hydrogen-bond donors (Lipinski definition) is 1. The minimum atomic E-state index is -0.952. The van der Waals surface area contributed by atoms with Crippen molar-refractivity contribution in [1.29, 1.82) is 0 Å². The molecule has 1 heterocycles. The van der Waals surface area contributed by atoms with Gasteiger partial charge in [0.25, 0.3) is 0 Å². The molecule has 0 saturated carbocycles. The second-order valence-electron chi connectivity index (χ2n) is 1.76. The number of alkyl halides is 2. The third-order valence-electron chi connectivity index (χ3n) is 1.06. The van der Waals surface area contributed by atoms with E-state index in [1.165, 1.54) is 0 Å². The minimum Gasteiger partial charge on any atom is -0.285 e. The molecule has 6 heteroatoms. The fraction of sp³-hybridized carbons (Fsp3) is 0.500. The van der Waals surface area contributed by atoms with Gasteiger partial charge in [0.2, 0.25) is 5.91 Å². The van der Waals surface area contributed by atoms with E-state index in [2.05, 4.69) is 0 Å². The van der Waals surface area contributed by atoms with Crippen LogP contribution in [0.25, 0.3) is 0 Å². The molecule has 56 valence electrons. The molecular weight excluding hydrogens is 179 g/mol. The Balaban J connectivity index is 2.63. The fourth-order valence-corrected chi connectivity index (χ4v) is 0.930. The van der Waals surface area contributed by atoms with E-state index in [0.717, 1.165) is 4.90 Å². The van der Waals surface area contributed by atoms with Crippen LogP contribution in [0.4, 0.5) is 4.79 Å². The van der Waals surface area contributed by atoms with Crippen LogP contribution in [-0.2, 0) is 4.79 Å². The van der Waals surface area contributed by atoms with Gasteiger partial charge in [-0.3, -0.25) is 15.0 Å². The lowest BCUT2D eigenvalue weighted by molar-refractivity contribution is -0.118. The minimum absolute atomic E-state index is 0.0590.